The average molecular weight is 350 g/mol. The molecule has 1 heterocycles. The van der Waals surface area contributed by atoms with E-state index < -0.39 is 0 Å². The van der Waals surface area contributed by atoms with E-state index in [4.69, 9.17) is 0 Å². The fourth-order valence-electron chi connectivity index (χ4n) is 3.47. The zero-order chi connectivity index (χ0) is 16.9. The predicted octanol–water partition coefficient (Wildman–Crippen LogP) is 4.41. The van der Waals surface area contributed by atoms with E-state index in [0.717, 1.165) is 30.1 Å². The molecule has 0 amide bonds. The Labute approximate surface area is 152 Å². The Morgan fingerprint density at radius 3 is 2.80 bits per heavy atom. The van der Waals surface area contributed by atoms with E-state index >= 15 is 0 Å². The van der Waals surface area contributed by atoms with Crippen LogP contribution in [0.25, 0.3) is 5.69 Å². The first-order valence-corrected chi connectivity index (χ1v) is 9.99. The lowest BCUT2D eigenvalue weighted by atomic mass is 9.91. The van der Waals surface area contributed by atoms with Gasteiger partial charge in [0.1, 0.15) is 0 Å². The van der Waals surface area contributed by atoms with Gasteiger partial charge in [0.2, 0.25) is 0 Å². The molecule has 0 radical (unpaired) electrons. The van der Waals surface area contributed by atoms with Gasteiger partial charge in [-0.05, 0) is 65.1 Å². The van der Waals surface area contributed by atoms with Gasteiger partial charge in [-0.15, -0.1) is 5.10 Å². The van der Waals surface area contributed by atoms with Gasteiger partial charge in [0, 0.05) is 11.7 Å². The van der Waals surface area contributed by atoms with Crippen molar-refractivity contribution < 1.29 is 0 Å². The molecule has 4 nitrogen and oxygen atoms in total. The van der Waals surface area contributed by atoms with Crippen LogP contribution in [0.5, 0.6) is 0 Å². The molecular formula is C20H22N4S. The zero-order valence-corrected chi connectivity index (χ0v) is 15.0. The quantitative estimate of drug-likeness (QED) is 0.618. The van der Waals surface area contributed by atoms with Gasteiger partial charge < -0.3 is 0 Å². The van der Waals surface area contributed by atoms with Gasteiger partial charge in [0.15, 0.2) is 5.82 Å². The topological polar surface area (TPSA) is 43.6 Å². The summed E-state index contributed by atoms with van der Waals surface area (Å²) in [4.78, 5) is 0. The van der Waals surface area contributed by atoms with E-state index in [-0.39, 0.29) is 0 Å². The van der Waals surface area contributed by atoms with Gasteiger partial charge in [-0.2, -0.15) is 16.4 Å². The molecule has 0 aliphatic heterocycles. The van der Waals surface area contributed by atoms with E-state index in [2.05, 4.69) is 51.6 Å². The second-order valence-corrected chi connectivity index (χ2v) is 7.71. The third-order valence-electron chi connectivity index (χ3n) is 4.71. The van der Waals surface area contributed by atoms with Crippen molar-refractivity contribution in [1.82, 2.24) is 20.2 Å². The van der Waals surface area contributed by atoms with Gasteiger partial charge in [0.25, 0.3) is 0 Å². The summed E-state index contributed by atoms with van der Waals surface area (Å²) in [6.07, 6.45) is 5.84. The number of benzene rings is 2. The molecule has 0 fully saturated rings. The van der Waals surface area contributed by atoms with Crippen LogP contribution in [0.4, 0.5) is 0 Å². The molecule has 0 saturated heterocycles. The fourth-order valence-corrected chi connectivity index (χ4v) is 4.81. The highest BCUT2D eigenvalue weighted by Gasteiger charge is 2.19. The Balaban J connectivity index is 1.34. The summed E-state index contributed by atoms with van der Waals surface area (Å²) < 4.78 is 1.85. The summed E-state index contributed by atoms with van der Waals surface area (Å²) >= 11 is 2.09. The summed E-state index contributed by atoms with van der Waals surface area (Å²) in [7, 11) is 0. The highest BCUT2D eigenvalue weighted by atomic mass is 32.2. The van der Waals surface area contributed by atoms with Crippen molar-refractivity contribution in [3.63, 3.8) is 0 Å². The minimum absolute atomic E-state index is 0.648. The Morgan fingerprint density at radius 2 is 1.88 bits per heavy atom. The van der Waals surface area contributed by atoms with E-state index in [9.17, 15) is 0 Å². The Hall–Kier alpha value is -2.14. The summed E-state index contributed by atoms with van der Waals surface area (Å²) in [5.74, 6) is 2.08. The largest absolute Gasteiger partial charge is 0.197 e. The van der Waals surface area contributed by atoms with Crippen LogP contribution in [0.1, 0.15) is 41.5 Å². The Morgan fingerprint density at radius 1 is 1.04 bits per heavy atom. The van der Waals surface area contributed by atoms with E-state index in [1.165, 1.54) is 19.3 Å². The molecule has 1 aliphatic rings. The molecule has 25 heavy (non-hydrogen) atoms. The lowest BCUT2D eigenvalue weighted by Gasteiger charge is -2.25. The van der Waals surface area contributed by atoms with Crippen LogP contribution < -0.4 is 0 Å². The SMILES string of the molecule is c1ccc(-n2nnnc2CCCSC2CCCc3ccccc32)cc1. The van der Waals surface area contributed by atoms with Crippen molar-refractivity contribution in [2.24, 2.45) is 0 Å². The highest BCUT2D eigenvalue weighted by Crippen LogP contribution is 2.39. The third kappa shape index (κ3) is 3.76. The summed E-state index contributed by atoms with van der Waals surface area (Å²) in [5, 5.41) is 12.8. The van der Waals surface area contributed by atoms with Crippen molar-refractivity contribution in [3.05, 3.63) is 71.5 Å². The van der Waals surface area contributed by atoms with Gasteiger partial charge in [-0.1, -0.05) is 42.5 Å². The van der Waals surface area contributed by atoms with Crippen molar-refractivity contribution in [3.8, 4) is 5.69 Å². The standard InChI is InChI=1S/C20H22N4S/c1-2-10-17(11-3-1)24-20(21-22-23-24)14-7-15-25-19-13-6-9-16-8-4-5-12-18(16)19/h1-5,8,10-12,19H,6-7,9,13-15H2. The molecule has 0 bridgehead atoms. The number of thioether (sulfide) groups is 1. The van der Waals surface area contributed by atoms with Crippen LogP contribution in [0.3, 0.4) is 0 Å². The predicted molar refractivity (Wildman–Crippen MR) is 102 cm³/mol. The minimum Gasteiger partial charge on any atom is -0.197 e. The number of hydrogen-bond donors (Lipinski definition) is 0. The average Bonchev–Trinajstić information content (AvgIpc) is 3.14. The van der Waals surface area contributed by atoms with Crippen molar-refractivity contribution in [2.45, 2.75) is 37.4 Å². The van der Waals surface area contributed by atoms with Gasteiger partial charge in [0.05, 0.1) is 5.69 Å². The number of para-hydroxylation sites is 1. The minimum atomic E-state index is 0.648. The second-order valence-electron chi connectivity index (χ2n) is 6.40. The molecular weight excluding hydrogens is 328 g/mol. The van der Waals surface area contributed by atoms with E-state index in [0.29, 0.717) is 5.25 Å². The first-order chi connectivity index (χ1) is 12.4. The number of aryl methyl sites for hydroxylation is 2. The molecule has 1 aliphatic carbocycles. The maximum Gasteiger partial charge on any atom is 0.156 e. The molecule has 2 aromatic carbocycles. The van der Waals surface area contributed by atoms with Crippen molar-refractivity contribution in [2.75, 3.05) is 5.75 Å². The molecule has 5 heteroatoms. The summed E-state index contributed by atoms with van der Waals surface area (Å²) in [5.41, 5.74) is 4.11. The molecule has 3 aromatic rings. The molecule has 1 unspecified atom stereocenters. The van der Waals surface area contributed by atoms with Crippen LogP contribution in [0.2, 0.25) is 0 Å². The van der Waals surface area contributed by atoms with Crippen molar-refractivity contribution >= 4 is 11.8 Å². The number of tetrazole rings is 1. The Bertz CT molecular complexity index is 815. The van der Waals surface area contributed by atoms with Crippen LogP contribution in [-0.4, -0.2) is 26.0 Å². The number of rotatable bonds is 6. The van der Waals surface area contributed by atoms with Gasteiger partial charge in [-0.25, -0.2) is 0 Å². The zero-order valence-electron chi connectivity index (χ0n) is 14.2. The fraction of sp³-hybridized carbons (Fsp3) is 0.350. The summed E-state index contributed by atoms with van der Waals surface area (Å²) in [6, 6.07) is 19.0. The van der Waals surface area contributed by atoms with Crippen LogP contribution in [0, 0.1) is 0 Å². The highest BCUT2D eigenvalue weighted by molar-refractivity contribution is 7.99. The van der Waals surface area contributed by atoms with E-state index in [1.54, 1.807) is 11.1 Å². The lowest BCUT2D eigenvalue weighted by molar-refractivity contribution is 0.672. The molecule has 1 aromatic heterocycles. The third-order valence-corrected chi connectivity index (χ3v) is 6.13. The maximum absolute atomic E-state index is 4.21. The molecule has 0 saturated carbocycles. The number of fused-ring (bicyclic) bond motifs is 1. The Kier molecular flexibility index (Phi) is 5.11. The normalized spacial score (nSPS) is 16.6. The first-order valence-electron chi connectivity index (χ1n) is 8.94. The summed E-state index contributed by atoms with van der Waals surface area (Å²) in [6.45, 7) is 0. The van der Waals surface area contributed by atoms with Gasteiger partial charge in [-0.3, -0.25) is 0 Å². The smallest absolute Gasteiger partial charge is 0.156 e. The number of nitrogens with zero attached hydrogens (tertiary/aromatic N) is 4. The van der Waals surface area contributed by atoms with Gasteiger partial charge >= 0.3 is 0 Å². The number of hydrogen-bond acceptors (Lipinski definition) is 4. The molecule has 0 spiro atoms. The van der Waals surface area contributed by atoms with Crippen LogP contribution >= 0.6 is 11.8 Å². The number of aromatic nitrogens is 4. The lowest BCUT2D eigenvalue weighted by Crippen LogP contribution is -2.08. The first kappa shape index (κ1) is 16.3. The maximum atomic E-state index is 4.21. The van der Waals surface area contributed by atoms with Crippen LogP contribution in [-0.2, 0) is 12.8 Å². The molecule has 128 valence electrons. The second kappa shape index (κ2) is 7.83. The molecule has 1 atom stereocenters. The molecule has 0 N–H and O–H groups in total. The molecule has 4 rings (SSSR count). The monoisotopic (exact) mass is 350 g/mol. The van der Waals surface area contributed by atoms with Crippen molar-refractivity contribution in [1.29, 1.82) is 0 Å². The van der Waals surface area contributed by atoms with E-state index in [1.807, 2.05) is 35.0 Å². The van der Waals surface area contributed by atoms with Crippen LogP contribution in [0.15, 0.2) is 54.6 Å².